The summed E-state index contributed by atoms with van der Waals surface area (Å²) >= 11 is 11.8. The molecule has 3 aromatic rings. The van der Waals surface area contributed by atoms with Crippen LogP contribution in [0.5, 0.6) is 5.75 Å². The van der Waals surface area contributed by atoms with Crippen LogP contribution in [0.1, 0.15) is 12.5 Å². The highest BCUT2D eigenvalue weighted by Crippen LogP contribution is 2.26. The van der Waals surface area contributed by atoms with Crippen LogP contribution in [0.4, 0.5) is 11.4 Å². The quantitative estimate of drug-likeness (QED) is 0.453. The molecule has 1 aliphatic rings. The van der Waals surface area contributed by atoms with Crippen LogP contribution >= 0.6 is 23.2 Å². The van der Waals surface area contributed by atoms with E-state index in [1.54, 1.807) is 43.3 Å². The molecule has 0 atom stereocenters. The topological polar surface area (TPSA) is 71.0 Å². The summed E-state index contributed by atoms with van der Waals surface area (Å²) in [7, 11) is 0. The maximum absolute atomic E-state index is 12.8. The number of nitrogens with one attached hydrogen (secondary N) is 1. The first-order chi connectivity index (χ1) is 15.9. The highest BCUT2D eigenvalue weighted by molar-refractivity contribution is 6.42. The van der Waals surface area contributed by atoms with Gasteiger partial charge in [-0.05, 0) is 61.0 Å². The molecular weight excluding hydrogens is 461 g/mol. The Kier molecular flexibility index (Phi) is 6.77. The second-order valence-corrected chi connectivity index (χ2v) is 8.05. The van der Waals surface area contributed by atoms with Crippen molar-refractivity contribution < 1.29 is 14.3 Å². The number of hydrogen-bond acceptors (Lipinski definition) is 4. The summed E-state index contributed by atoms with van der Waals surface area (Å²) < 4.78 is 5.55. The molecule has 0 aromatic heterocycles. The third-order valence-electron chi connectivity index (χ3n) is 4.83. The van der Waals surface area contributed by atoms with E-state index >= 15 is 0 Å². The van der Waals surface area contributed by atoms with Crippen molar-refractivity contribution in [1.82, 2.24) is 0 Å². The average molecular weight is 480 g/mol. The number of halogens is 2. The first-order valence-corrected chi connectivity index (χ1v) is 10.8. The Bertz CT molecular complexity index is 1260. The number of hydrogen-bond donors (Lipinski definition) is 1. The van der Waals surface area contributed by atoms with E-state index in [2.05, 4.69) is 10.4 Å². The number of carbonyl (C=O) groups is 2. The second-order valence-electron chi connectivity index (χ2n) is 7.23. The van der Waals surface area contributed by atoms with Gasteiger partial charge in [0.2, 0.25) is 0 Å². The molecule has 4 rings (SSSR count). The van der Waals surface area contributed by atoms with Crippen LogP contribution in [0.25, 0.3) is 6.08 Å². The van der Waals surface area contributed by atoms with E-state index in [-0.39, 0.29) is 18.4 Å². The molecule has 0 aliphatic carbocycles. The Morgan fingerprint density at radius 2 is 1.76 bits per heavy atom. The molecule has 166 valence electrons. The van der Waals surface area contributed by atoms with Gasteiger partial charge in [0.25, 0.3) is 11.8 Å². The summed E-state index contributed by atoms with van der Waals surface area (Å²) in [6.45, 7) is 1.63. The molecular formula is C25H19Cl2N3O3. The number of ether oxygens (including phenoxy) is 1. The van der Waals surface area contributed by atoms with Gasteiger partial charge in [0.05, 0.1) is 27.0 Å². The summed E-state index contributed by atoms with van der Waals surface area (Å²) in [5, 5.41) is 9.23. The summed E-state index contributed by atoms with van der Waals surface area (Å²) in [5.74, 6) is 0.0115. The Morgan fingerprint density at radius 3 is 2.45 bits per heavy atom. The number of amides is 2. The molecule has 0 radical (unpaired) electrons. The largest absolute Gasteiger partial charge is 0.484 e. The zero-order chi connectivity index (χ0) is 23.4. The lowest BCUT2D eigenvalue weighted by Crippen LogP contribution is -2.21. The maximum atomic E-state index is 12.8. The van der Waals surface area contributed by atoms with Gasteiger partial charge >= 0.3 is 0 Å². The van der Waals surface area contributed by atoms with Gasteiger partial charge in [0, 0.05) is 5.69 Å². The van der Waals surface area contributed by atoms with Crippen LogP contribution in [0.3, 0.4) is 0 Å². The zero-order valence-electron chi connectivity index (χ0n) is 17.6. The third kappa shape index (κ3) is 5.42. The lowest BCUT2D eigenvalue weighted by molar-refractivity contribution is -0.118. The number of benzene rings is 3. The number of carbonyl (C=O) groups excluding carboxylic acids is 2. The van der Waals surface area contributed by atoms with Crippen molar-refractivity contribution in [3.8, 4) is 5.75 Å². The van der Waals surface area contributed by atoms with E-state index in [0.717, 1.165) is 5.56 Å². The fourth-order valence-corrected chi connectivity index (χ4v) is 3.47. The van der Waals surface area contributed by atoms with Gasteiger partial charge in [0.15, 0.2) is 6.61 Å². The van der Waals surface area contributed by atoms with Gasteiger partial charge in [-0.25, -0.2) is 0 Å². The molecule has 3 aromatic carbocycles. The predicted molar refractivity (Wildman–Crippen MR) is 132 cm³/mol. The van der Waals surface area contributed by atoms with Crippen molar-refractivity contribution in [2.75, 3.05) is 16.9 Å². The highest BCUT2D eigenvalue weighted by atomic mass is 35.5. The van der Waals surface area contributed by atoms with Crippen LogP contribution in [0.2, 0.25) is 10.0 Å². The second kappa shape index (κ2) is 9.90. The molecule has 0 saturated carbocycles. The number of nitrogens with zero attached hydrogens (tertiary/aromatic N) is 2. The highest BCUT2D eigenvalue weighted by Gasteiger charge is 2.28. The maximum Gasteiger partial charge on any atom is 0.280 e. The predicted octanol–water partition coefficient (Wildman–Crippen LogP) is 5.82. The molecule has 1 heterocycles. The SMILES string of the molecule is CC1=NN(c2ccccc2)C(=O)/C1=C\c1ccc(OCC(=O)Nc2ccc(Cl)c(Cl)c2)cc1. The Balaban J connectivity index is 1.37. The van der Waals surface area contributed by atoms with Crippen LogP contribution in [-0.2, 0) is 9.59 Å². The van der Waals surface area contributed by atoms with Crippen LogP contribution in [0, 0.1) is 0 Å². The minimum atomic E-state index is -0.330. The number of para-hydroxylation sites is 1. The van der Waals surface area contributed by atoms with Crippen molar-refractivity contribution in [2.24, 2.45) is 5.10 Å². The number of hydrazone groups is 1. The molecule has 0 saturated heterocycles. The number of rotatable bonds is 6. The molecule has 33 heavy (non-hydrogen) atoms. The van der Waals surface area contributed by atoms with Gasteiger partial charge in [0.1, 0.15) is 5.75 Å². The minimum Gasteiger partial charge on any atom is -0.484 e. The monoisotopic (exact) mass is 479 g/mol. The molecule has 0 spiro atoms. The molecule has 0 unspecified atom stereocenters. The van der Waals surface area contributed by atoms with Gasteiger partial charge < -0.3 is 10.1 Å². The third-order valence-corrected chi connectivity index (χ3v) is 5.57. The van der Waals surface area contributed by atoms with E-state index in [1.807, 2.05) is 42.5 Å². The molecule has 1 N–H and O–H groups in total. The van der Waals surface area contributed by atoms with Gasteiger partial charge in [-0.2, -0.15) is 10.1 Å². The van der Waals surface area contributed by atoms with Crippen molar-refractivity contribution in [1.29, 1.82) is 0 Å². The van der Waals surface area contributed by atoms with Gasteiger partial charge in [-0.3, -0.25) is 9.59 Å². The van der Waals surface area contributed by atoms with E-state index < -0.39 is 0 Å². The Morgan fingerprint density at radius 1 is 1.03 bits per heavy atom. The minimum absolute atomic E-state index is 0.170. The lowest BCUT2D eigenvalue weighted by atomic mass is 10.1. The zero-order valence-corrected chi connectivity index (χ0v) is 19.1. The first kappa shape index (κ1) is 22.6. The summed E-state index contributed by atoms with van der Waals surface area (Å²) in [6, 6.07) is 21.2. The summed E-state index contributed by atoms with van der Waals surface area (Å²) in [5.41, 5.74) is 3.23. The molecule has 2 amide bonds. The van der Waals surface area contributed by atoms with Crippen LogP contribution in [-0.4, -0.2) is 24.1 Å². The van der Waals surface area contributed by atoms with Crippen molar-refractivity contribution in [3.05, 3.63) is 94.0 Å². The fourth-order valence-electron chi connectivity index (χ4n) is 3.18. The van der Waals surface area contributed by atoms with Gasteiger partial charge in [-0.15, -0.1) is 0 Å². The average Bonchev–Trinajstić information content (AvgIpc) is 3.10. The molecule has 0 bridgehead atoms. The fraction of sp³-hybridized carbons (Fsp3) is 0.0800. The smallest absolute Gasteiger partial charge is 0.280 e. The van der Waals surface area contributed by atoms with E-state index in [4.69, 9.17) is 27.9 Å². The Hall–Kier alpha value is -3.61. The van der Waals surface area contributed by atoms with Crippen LogP contribution in [0.15, 0.2) is 83.5 Å². The van der Waals surface area contributed by atoms with Crippen molar-refractivity contribution >= 4 is 58.2 Å². The van der Waals surface area contributed by atoms with E-state index in [1.165, 1.54) is 5.01 Å². The standard InChI is InChI=1S/C25H19Cl2N3O3/c1-16-21(25(32)30(29-16)19-5-3-2-4-6-19)13-17-7-10-20(11-8-17)33-15-24(31)28-18-9-12-22(26)23(27)14-18/h2-14H,15H2,1H3,(H,28,31)/b21-13-. The molecule has 0 fully saturated rings. The van der Waals surface area contributed by atoms with Crippen molar-refractivity contribution in [2.45, 2.75) is 6.92 Å². The summed E-state index contributed by atoms with van der Waals surface area (Å²) in [4.78, 5) is 24.9. The summed E-state index contributed by atoms with van der Waals surface area (Å²) in [6.07, 6.45) is 1.78. The van der Waals surface area contributed by atoms with E-state index in [0.29, 0.717) is 38.5 Å². The lowest BCUT2D eigenvalue weighted by Gasteiger charge is -2.11. The number of anilines is 2. The molecule has 6 nitrogen and oxygen atoms in total. The molecule has 8 heteroatoms. The van der Waals surface area contributed by atoms with Gasteiger partial charge in [-0.1, -0.05) is 53.5 Å². The van der Waals surface area contributed by atoms with Crippen LogP contribution < -0.4 is 15.1 Å². The van der Waals surface area contributed by atoms with Crippen molar-refractivity contribution in [3.63, 3.8) is 0 Å². The Labute approximate surface area is 201 Å². The normalized spacial score (nSPS) is 14.4. The molecule has 1 aliphatic heterocycles. The first-order valence-electron chi connectivity index (χ1n) is 10.1. The van der Waals surface area contributed by atoms with E-state index in [9.17, 15) is 9.59 Å².